The quantitative estimate of drug-likeness (QED) is 0.484. The maximum Gasteiger partial charge on any atom is 0.0116 e. The van der Waals surface area contributed by atoms with Gasteiger partial charge in [0.05, 0.1) is 0 Å². The van der Waals surface area contributed by atoms with Crippen molar-refractivity contribution in [1.29, 1.82) is 0 Å². The molecule has 2 bridgehead atoms. The molecule has 1 heterocycles. The van der Waals surface area contributed by atoms with Crippen LogP contribution < -0.4 is 5.32 Å². The molecule has 1 saturated heterocycles. The van der Waals surface area contributed by atoms with Crippen LogP contribution in [0.25, 0.3) is 0 Å². The van der Waals surface area contributed by atoms with E-state index >= 15 is 0 Å². The third-order valence-electron chi connectivity index (χ3n) is 3.24. The van der Waals surface area contributed by atoms with Crippen molar-refractivity contribution in [2.75, 3.05) is 0 Å². The van der Waals surface area contributed by atoms with Gasteiger partial charge in [0.1, 0.15) is 0 Å². The van der Waals surface area contributed by atoms with Crippen molar-refractivity contribution in [3.8, 4) is 0 Å². The van der Waals surface area contributed by atoms with Gasteiger partial charge in [-0.1, -0.05) is 0 Å². The van der Waals surface area contributed by atoms with Gasteiger partial charge in [-0.3, -0.25) is 0 Å². The molecule has 0 spiro atoms. The number of fused-ring (bicyclic) bond motifs is 1. The number of hydrogen-bond acceptors (Lipinski definition) is 1. The van der Waals surface area contributed by atoms with Crippen LogP contribution in [0.3, 0.4) is 0 Å². The monoisotopic (exact) mass is 109 g/mol. The zero-order valence-electron chi connectivity index (χ0n) is 4.93. The molecule has 1 nitrogen and oxygen atoms in total. The van der Waals surface area contributed by atoms with E-state index in [0.717, 1.165) is 23.9 Å². The van der Waals surface area contributed by atoms with Gasteiger partial charge in [-0.05, 0) is 31.1 Å². The molecule has 2 atom stereocenters. The Balaban J connectivity index is 2.03. The van der Waals surface area contributed by atoms with Crippen LogP contribution >= 0.6 is 0 Å². The molecule has 0 aromatic carbocycles. The van der Waals surface area contributed by atoms with Crippen molar-refractivity contribution in [3.63, 3.8) is 0 Å². The summed E-state index contributed by atoms with van der Waals surface area (Å²) in [6, 6.07) is 1.94. The van der Waals surface area contributed by atoms with E-state index in [9.17, 15) is 0 Å². The van der Waals surface area contributed by atoms with Crippen molar-refractivity contribution >= 4 is 0 Å². The first-order valence-electron chi connectivity index (χ1n) is 3.69. The summed E-state index contributed by atoms with van der Waals surface area (Å²) in [7, 11) is 0. The SMILES string of the molecule is C1C2CC3NC1C3C2. The Morgan fingerprint density at radius 1 is 1.00 bits per heavy atom. The average Bonchev–Trinajstić information content (AvgIpc) is 2.23. The average molecular weight is 109 g/mol. The summed E-state index contributed by atoms with van der Waals surface area (Å²) in [6.07, 6.45) is 4.56. The van der Waals surface area contributed by atoms with Crippen molar-refractivity contribution in [2.45, 2.75) is 31.3 Å². The third-order valence-corrected chi connectivity index (χ3v) is 3.24. The van der Waals surface area contributed by atoms with Crippen LogP contribution in [0.5, 0.6) is 0 Å². The van der Waals surface area contributed by atoms with Crippen LogP contribution in [0, 0.1) is 11.8 Å². The second-order valence-electron chi connectivity index (χ2n) is 3.62. The second-order valence-corrected chi connectivity index (χ2v) is 3.62. The lowest BCUT2D eigenvalue weighted by Crippen LogP contribution is -2.59. The van der Waals surface area contributed by atoms with E-state index in [4.69, 9.17) is 0 Å². The molecule has 0 aromatic rings. The molecule has 2 unspecified atom stereocenters. The lowest BCUT2D eigenvalue weighted by atomic mass is 9.82. The van der Waals surface area contributed by atoms with Crippen molar-refractivity contribution in [3.05, 3.63) is 0 Å². The van der Waals surface area contributed by atoms with E-state index in [1.54, 1.807) is 6.42 Å². The van der Waals surface area contributed by atoms with Gasteiger partial charge in [0.25, 0.3) is 0 Å². The van der Waals surface area contributed by atoms with Crippen molar-refractivity contribution < 1.29 is 0 Å². The highest BCUT2D eigenvalue weighted by Crippen LogP contribution is 2.50. The van der Waals surface area contributed by atoms with Gasteiger partial charge in [-0.15, -0.1) is 0 Å². The molecule has 1 N–H and O–H groups in total. The predicted octanol–water partition coefficient (Wildman–Crippen LogP) is 0.757. The normalized spacial score (nSPS) is 66.0. The van der Waals surface area contributed by atoms with Crippen molar-refractivity contribution in [2.24, 2.45) is 11.8 Å². The summed E-state index contributed by atoms with van der Waals surface area (Å²) in [5.41, 5.74) is 0. The fourth-order valence-electron chi connectivity index (χ4n) is 2.89. The zero-order chi connectivity index (χ0) is 5.14. The Hall–Kier alpha value is -0.0400. The number of rotatable bonds is 0. The number of nitrogens with one attached hydrogen (secondary N) is 1. The molecule has 3 fully saturated rings. The molecule has 0 aromatic heterocycles. The maximum atomic E-state index is 3.57. The van der Waals surface area contributed by atoms with Crippen LogP contribution in [-0.4, -0.2) is 12.1 Å². The molecular weight excluding hydrogens is 98.1 g/mol. The molecular formula is C7H11N. The highest BCUT2D eigenvalue weighted by atomic mass is 15.1. The smallest absolute Gasteiger partial charge is 0.0116 e. The molecule has 1 heteroatoms. The lowest BCUT2D eigenvalue weighted by molar-refractivity contribution is 0.154. The first-order chi connectivity index (χ1) is 3.93. The Kier molecular flexibility index (Phi) is 0.472. The Labute approximate surface area is 49.5 Å². The van der Waals surface area contributed by atoms with Gasteiger partial charge in [-0.2, -0.15) is 0 Å². The molecule has 8 heavy (non-hydrogen) atoms. The fraction of sp³-hybridized carbons (Fsp3) is 1.00. The Morgan fingerprint density at radius 3 is 2.00 bits per heavy atom. The second kappa shape index (κ2) is 0.971. The Morgan fingerprint density at radius 2 is 1.75 bits per heavy atom. The summed E-state index contributed by atoms with van der Waals surface area (Å²) in [6.45, 7) is 0. The molecule has 0 amide bonds. The summed E-state index contributed by atoms with van der Waals surface area (Å²) in [4.78, 5) is 0. The van der Waals surface area contributed by atoms with E-state index in [1.165, 1.54) is 12.8 Å². The van der Waals surface area contributed by atoms with Crippen LogP contribution in [0.15, 0.2) is 0 Å². The number of hydrogen-bond donors (Lipinski definition) is 1. The van der Waals surface area contributed by atoms with Gasteiger partial charge >= 0.3 is 0 Å². The highest BCUT2D eigenvalue weighted by Gasteiger charge is 2.53. The summed E-state index contributed by atoms with van der Waals surface area (Å²) < 4.78 is 0. The summed E-state index contributed by atoms with van der Waals surface area (Å²) in [5.74, 6) is 2.26. The minimum absolute atomic E-state index is 0.971. The standard InChI is InChI=1S/C7H11N/c1-4-2-6-5(1)7(3-4)8-6/h4-8H,1-3H2. The molecule has 2 aliphatic carbocycles. The van der Waals surface area contributed by atoms with Crippen LogP contribution in [0.1, 0.15) is 19.3 Å². The van der Waals surface area contributed by atoms with Crippen LogP contribution in [-0.2, 0) is 0 Å². The van der Waals surface area contributed by atoms with Gasteiger partial charge < -0.3 is 5.32 Å². The van der Waals surface area contributed by atoms with Crippen LogP contribution in [0.2, 0.25) is 0 Å². The minimum Gasteiger partial charge on any atom is -0.311 e. The molecule has 0 radical (unpaired) electrons. The van der Waals surface area contributed by atoms with Crippen LogP contribution in [0.4, 0.5) is 0 Å². The van der Waals surface area contributed by atoms with E-state index < -0.39 is 0 Å². The highest BCUT2D eigenvalue weighted by molar-refractivity contribution is 5.10. The Bertz CT molecular complexity index is 118. The largest absolute Gasteiger partial charge is 0.311 e. The first-order valence-corrected chi connectivity index (χ1v) is 3.69. The van der Waals surface area contributed by atoms with E-state index in [2.05, 4.69) is 5.32 Å². The van der Waals surface area contributed by atoms with Gasteiger partial charge in [0, 0.05) is 12.1 Å². The van der Waals surface area contributed by atoms with E-state index in [1.807, 2.05) is 0 Å². The van der Waals surface area contributed by atoms with Gasteiger partial charge in [-0.25, -0.2) is 0 Å². The van der Waals surface area contributed by atoms with Crippen molar-refractivity contribution in [1.82, 2.24) is 5.32 Å². The maximum absolute atomic E-state index is 3.57. The fourth-order valence-corrected chi connectivity index (χ4v) is 2.89. The molecule has 2 saturated carbocycles. The molecule has 3 aliphatic rings. The van der Waals surface area contributed by atoms with Gasteiger partial charge in [0.2, 0.25) is 0 Å². The van der Waals surface area contributed by atoms with Gasteiger partial charge in [0.15, 0.2) is 0 Å². The molecule has 3 rings (SSSR count). The first kappa shape index (κ1) is 3.89. The molecule has 44 valence electrons. The summed E-state index contributed by atoms with van der Waals surface area (Å²) in [5, 5.41) is 3.57. The minimum atomic E-state index is 0.971. The molecule has 1 aliphatic heterocycles. The van der Waals surface area contributed by atoms with E-state index in [0.29, 0.717) is 0 Å². The van der Waals surface area contributed by atoms with E-state index in [-0.39, 0.29) is 0 Å². The zero-order valence-corrected chi connectivity index (χ0v) is 4.93. The predicted molar refractivity (Wildman–Crippen MR) is 31.5 cm³/mol. The third kappa shape index (κ3) is 0.255. The summed E-state index contributed by atoms with van der Waals surface area (Å²) >= 11 is 0. The number of piperidine rings is 1. The topological polar surface area (TPSA) is 12.0 Å². The lowest BCUT2D eigenvalue weighted by Gasteiger charge is -2.43.